The Labute approximate surface area is 138 Å². The number of halogens is 1. The molecular weight excluding hydrogens is 305 g/mol. The van der Waals surface area contributed by atoms with Crippen LogP contribution in [0.25, 0.3) is 22.0 Å². The molecule has 1 aliphatic heterocycles. The summed E-state index contributed by atoms with van der Waals surface area (Å²) in [6.45, 7) is 3.19. The summed E-state index contributed by atoms with van der Waals surface area (Å²) < 4.78 is 14.6. The minimum Gasteiger partial charge on any atom is -0.367 e. The highest BCUT2D eigenvalue weighted by Gasteiger charge is 2.16. The summed E-state index contributed by atoms with van der Waals surface area (Å²) in [4.78, 5) is 17.3. The number of aromatic nitrogens is 1. The molecule has 1 fully saturated rings. The van der Waals surface area contributed by atoms with Gasteiger partial charge in [0.2, 0.25) is 0 Å². The number of rotatable bonds is 2. The zero-order chi connectivity index (χ0) is 16.5. The van der Waals surface area contributed by atoms with Gasteiger partial charge in [-0.05, 0) is 23.8 Å². The van der Waals surface area contributed by atoms with E-state index in [1.807, 2.05) is 35.2 Å². The summed E-state index contributed by atoms with van der Waals surface area (Å²) >= 11 is 0. The molecule has 0 spiro atoms. The van der Waals surface area contributed by atoms with Crippen molar-refractivity contribution in [3.05, 3.63) is 64.7 Å². The number of nitrogens with one attached hydrogen (secondary N) is 2. The van der Waals surface area contributed by atoms with Crippen LogP contribution in [-0.4, -0.2) is 31.2 Å². The number of nitrogens with zero attached hydrogens (tertiary/aromatic N) is 1. The normalized spacial score (nSPS) is 15.0. The molecule has 1 saturated heterocycles. The third-order valence-electron chi connectivity index (χ3n) is 4.45. The Morgan fingerprint density at radius 3 is 2.50 bits per heavy atom. The van der Waals surface area contributed by atoms with Gasteiger partial charge in [-0.15, -0.1) is 0 Å². The van der Waals surface area contributed by atoms with Gasteiger partial charge in [0.25, 0.3) is 5.56 Å². The van der Waals surface area contributed by atoms with Crippen LogP contribution in [0.3, 0.4) is 0 Å². The Hall–Kier alpha value is -2.66. The van der Waals surface area contributed by atoms with E-state index in [-0.39, 0.29) is 11.4 Å². The Bertz CT molecular complexity index is 930. The highest BCUT2D eigenvalue weighted by atomic mass is 19.1. The van der Waals surface area contributed by atoms with E-state index in [2.05, 4.69) is 10.3 Å². The van der Waals surface area contributed by atoms with Crippen LogP contribution < -0.4 is 15.8 Å². The van der Waals surface area contributed by atoms with Gasteiger partial charge in [0.15, 0.2) is 0 Å². The molecule has 0 aliphatic carbocycles. The number of anilines is 1. The van der Waals surface area contributed by atoms with E-state index < -0.39 is 0 Å². The standard InChI is InChI=1S/C19H18FN3O/c20-16-11-14-10-15(13-4-2-1-3-5-13)19(24)22-17(14)12-18(16)23-8-6-21-7-9-23/h1-5,10-12,21H,6-9H2,(H,22,24). The minimum atomic E-state index is -0.254. The molecule has 0 radical (unpaired) electrons. The minimum absolute atomic E-state index is 0.161. The molecule has 2 heterocycles. The molecule has 0 amide bonds. The van der Waals surface area contributed by atoms with Crippen LogP contribution in [0, 0.1) is 5.82 Å². The smallest absolute Gasteiger partial charge is 0.256 e. The molecule has 0 atom stereocenters. The molecule has 0 bridgehead atoms. The van der Waals surface area contributed by atoms with Crippen LogP contribution in [-0.2, 0) is 0 Å². The zero-order valence-electron chi connectivity index (χ0n) is 13.2. The van der Waals surface area contributed by atoms with E-state index in [1.54, 1.807) is 12.1 Å². The first-order chi connectivity index (χ1) is 11.7. The summed E-state index contributed by atoms with van der Waals surface area (Å²) in [5.74, 6) is -0.254. The van der Waals surface area contributed by atoms with Crippen molar-refractivity contribution >= 4 is 16.6 Å². The van der Waals surface area contributed by atoms with Gasteiger partial charge in [-0.25, -0.2) is 4.39 Å². The van der Waals surface area contributed by atoms with E-state index >= 15 is 0 Å². The van der Waals surface area contributed by atoms with Crippen molar-refractivity contribution in [1.29, 1.82) is 0 Å². The molecule has 2 aromatic carbocycles. The third kappa shape index (κ3) is 2.67. The summed E-state index contributed by atoms with van der Waals surface area (Å²) in [6, 6.07) is 14.4. The lowest BCUT2D eigenvalue weighted by atomic mass is 10.0. The van der Waals surface area contributed by atoms with Crippen molar-refractivity contribution in [3.63, 3.8) is 0 Å². The molecule has 24 heavy (non-hydrogen) atoms. The molecule has 2 N–H and O–H groups in total. The lowest BCUT2D eigenvalue weighted by Crippen LogP contribution is -2.43. The summed E-state index contributed by atoms with van der Waals surface area (Å²) in [7, 11) is 0. The van der Waals surface area contributed by atoms with Crippen LogP contribution in [0.2, 0.25) is 0 Å². The van der Waals surface area contributed by atoms with E-state index in [9.17, 15) is 9.18 Å². The van der Waals surface area contributed by atoms with Gasteiger partial charge in [-0.3, -0.25) is 4.79 Å². The highest BCUT2D eigenvalue weighted by Crippen LogP contribution is 2.27. The first kappa shape index (κ1) is 14.9. The van der Waals surface area contributed by atoms with Crippen LogP contribution in [0.15, 0.2) is 53.3 Å². The Morgan fingerprint density at radius 1 is 1.00 bits per heavy atom. The largest absolute Gasteiger partial charge is 0.367 e. The number of benzene rings is 2. The van der Waals surface area contributed by atoms with Crippen LogP contribution >= 0.6 is 0 Å². The highest BCUT2D eigenvalue weighted by molar-refractivity contribution is 5.86. The van der Waals surface area contributed by atoms with Gasteiger partial charge >= 0.3 is 0 Å². The zero-order valence-corrected chi connectivity index (χ0v) is 13.2. The van der Waals surface area contributed by atoms with Gasteiger partial charge in [0.05, 0.1) is 11.2 Å². The van der Waals surface area contributed by atoms with E-state index in [0.29, 0.717) is 22.2 Å². The van der Waals surface area contributed by atoms with Gasteiger partial charge in [0.1, 0.15) is 5.82 Å². The maximum absolute atomic E-state index is 14.6. The fraction of sp³-hybridized carbons (Fsp3) is 0.211. The summed E-state index contributed by atoms with van der Waals surface area (Å²) in [5, 5.41) is 3.95. The number of hydrogen-bond acceptors (Lipinski definition) is 3. The van der Waals surface area contributed by atoms with Crippen molar-refractivity contribution in [2.24, 2.45) is 0 Å². The maximum Gasteiger partial charge on any atom is 0.256 e. The predicted octanol–water partition coefficient (Wildman–Crippen LogP) is 2.74. The molecule has 1 aromatic heterocycles. The van der Waals surface area contributed by atoms with Crippen molar-refractivity contribution in [3.8, 4) is 11.1 Å². The Kier molecular flexibility index (Phi) is 3.78. The summed E-state index contributed by atoms with van der Waals surface area (Å²) in [5.41, 5.74) is 2.43. The number of aromatic amines is 1. The van der Waals surface area contributed by atoms with E-state index in [0.717, 1.165) is 31.7 Å². The molecule has 5 heteroatoms. The van der Waals surface area contributed by atoms with Gasteiger partial charge in [0, 0.05) is 37.1 Å². The van der Waals surface area contributed by atoms with Crippen molar-refractivity contribution < 1.29 is 4.39 Å². The summed E-state index contributed by atoms with van der Waals surface area (Å²) in [6.07, 6.45) is 0. The second kappa shape index (κ2) is 6.09. The number of hydrogen-bond donors (Lipinski definition) is 2. The molecule has 1 aliphatic rings. The van der Waals surface area contributed by atoms with Gasteiger partial charge in [-0.2, -0.15) is 0 Å². The molecule has 4 nitrogen and oxygen atoms in total. The fourth-order valence-electron chi connectivity index (χ4n) is 3.20. The number of pyridine rings is 1. The molecule has 0 unspecified atom stereocenters. The Balaban J connectivity index is 1.83. The van der Waals surface area contributed by atoms with Crippen molar-refractivity contribution in [2.75, 3.05) is 31.1 Å². The average molecular weight is 323 g/mol. The Morgan fingerprint density at radius 2 is 1.75 bits per heavy atom. The van der Waals surface area contributed by atoms with Crippen molar-refractivity contribution in [2.45, 2.75) is 0 Å². The molecule has 122 valence electrons. The van der Waals surface area contributed by atoms with Crippen molar-refractivity contribution in [1.82, 2.24) is 10.3 Å². The van der Waals surface area contributed by atoms with Crippen LogP contribution in [0.4, 0.5) is 10.1 Å². The van der Waals surface area contributed by atoms with Gasteiger partial charge in [-0.1, -0.05) is 30.3 Å². The lowest BCUT2D eigenvalue weighted by Gasteiger charge is -2.29. The number of H-pyrrole nitrogens is 1. The van der Waals surface area contributed by atoms with E-state index in [4.69, 9.17) is 0 Å². The quantitative estimate of drug-likeness (QED) is 0.762. The second-order valence-corrected chi connectivity index (χ2v) is 6.01. The van der Waals surface area contributed by atoms with Crippen LogP contribution in [0.1, 0.15) is 0 Å². The molecule has 3 aromatic rings. The molecule has 4 rings (SSSR count). The first-order valence-corrected chi connectivity index (χ1v) is 8.10. The molecular formula is C19H18FN3O. The lowest BCUT2D eigenvalue weighted by molar-refractivity contribution is 0.567. The average Bonchev–Trinajstić information content (AvgIpc) is 2.62. The second-order valence-electron chi connectivity index (χ2n) is 6.01. The number of piperazine rings is 1. The van der Waals surface area contributed by atoms with E-state index in [1.165, 1.54) is 6.07 Å². The SMILES string of the molecule is O=c1[nH]c2cc(N3CCNCC3)c(F)cc2cc1-c1ccccc1. The first-order valence-electron chi connectivity index (χ1n) is 8.10. The predicted molar refractivity (Wildman–Crippen MR) is 95.0 cm³/mol. The van der Waals surface area contributed by atoms with Crippen LogP contribution in [0.5, 0.6) is 0 Å². The maximum atomic E-state index is 14.6. The fourth-order valence-corrected chi connectivity index (χ4v) is 3.20. The monoisotopic (exact) mass is 323 g/mol. The topological polar surface area (TPSA) is 48.1 Å². The number of fused-ring (bicyclic) bond motifs is 1. The molecule has 0 saturated carbocycles. The third-order valence-corrected chi connectivity index (χ3v) is 4.45. The van der Waals surface area contributed by atoms with Gasteiger partial charge < -0.3 is 15.2 Å².